The maximum absolute atomic E-state index is 13.9. The van der Waals surface area contributed by atoms with Crippen molar-refractivity contribution in [1.29, 1.82) is 0 Å². The number of carboxylic acids is 1. The number of hydrogen-bond donors (Lipinski definition) is 10. The molecule has 6 amide bonds. The number of aliphatic hydroxyl groups excluding tert-OH is 3. The van der Waals surface area contributed by atoms with E-state index in [2.05, 4.69) is 21.3 Å². The van der Waals surface area contributed by atoms with Crippen LogP contribution < -0.4 is 27.0 Å². The fourth-order valence-electron chi connectivity index (χ4n) is 6.29. The second-order valence-corrected chi connectivity index (χ2v) is 13.6. The summed E-state index contributed by atoms with van der Waals surface area (Å²) in [5.41, 5.74) is 6.73. The first-order chi connectivity index (χ1) is 25.0. The summed E-state index contributed by atoms with van der Waals surface area (Å²) in [5.74, 6) is -6.62. The number of carbonyl (C=O) groups excluding carboxylic acids is 6. The molecule has 0 bridgehead atoms. The van der Waals surface area contributed by atoms with Crippen LogP contribution in [0, 0.1) is 5.92 Å². The molecular weight excluding hydrogens is 698 g/mol. The number of amides is 6. The second-order valence-electron chi connectivity index (χ2n) is 13.6. The first-order valence-corrected chi connectivity index (χ1v) is 17.5. The van der Waals surface area contributed by atoms with Gasteiger partial charge in [-0.2, -0.15) is 0 Å². The molecule has 2 aliphatic rings. The van der Waals surface area contributed by atoms with Gasteiger partial charge in [-0.15, -0.1) is 0 Å². The Kier molecular flexibility index (Phi) is 15.5. The summed E-state index contributed by atoms with van der Waals surface area (Å²) in [6.45, 7) is 2.96. The fourth-order valence-corrected chi connectivity index (χ4v) is 6.29. The van der Waals surface area contributed by atoms with E-state index in [9.17, 15) is 54.0 Å². The van der Waals surface area contributed by atoms with Crippen molar-refractivity contribution in [3.8, 4) is 5.75 Å². The Balaban J connectivity index is 1.67. The first kappa shape index (κ1) is 42.6. The highest BCUT2D eigenvalue weighted by Crippen LogP contribution is 2.26. The Morgan fingerprint density at radius 3 is 1.89 bits per heavy atom. The van der Waals surface area contributed by atoms with E-state index in [1.54, 1.807) is 26.0 Å². The number of aliphatic hydroxyl groups is 3. The molecule has 2 saturated heterocycles. The van der Waals surface area contributed by atoms with Gasteiger partial charge in [0, 0.05) is 13.1 Å². The van der Waals surface area contributed by atoms with Gasteiger partial charge in [0.1, 0.15) is 42.0 Å². The normalized spacial score (nSPS) is 20.5. The molecule has 0 aromatic heterocycles. The third-order valence-electron chi connectivity index (χ3n) is 9.29. The van der Waals surface area contributed by atoms with Gasteiger partial charge in [-0.05, 0) is 62.6 Å². The molecular formula is C34H51N7O12. The first-order valence-electron chi connectivity index (χ1n) is 17.5. The van der Waals surface area contributed by atoms with Gasteiger partial charge in [0.25, 0.3) is 0 Å². The van der Waals surface area contributed by atoms with Crippen LogP contribution in [0.5, 0.6) is 5.75 Å². The van der Waals surface area contributed by atoms with Gasteiger partial charge in [0.2, 0.25) is 35.4 Å². The molecule has 1 aromatic rings. The van der Waals surface area contributed by atoms with Gasteiger partial charge in [-0.1, -0.05) is 26.0 Å². The Morgan fingerprint density at radius 1 is 0.774 bits per heavy atom. The number of nitrogens with two attached hydrogens (primary N) is 1. The zero-order chi connectivity index (χ0) is 39.6. The number of nitrogens with zero attached hydrogens (tertiary/aromatic N) is 2. The zero-order valence-electron chi connectivity index (χ0n) is 29.9. The topological polar surface area (TPSA) is 301 Å². The van der Waals surface area contributed by atoms with Crippen LogP contribution in [0.1, 0.15) is 52.0 Å². The lowest BCUT2D eigenvalue weighted by Gasteiger charge is -2.34. The van der Waals surface area contributed by atoms with Crippen molar-refractivity contribution in [2.24, 2.45) is 11.7 Å². The summed E-state index contributed by atoms with van der Waals surface area (Å²) in [4.78, 5) is 93.7. The van der Waals surface area contributed by atoms with Gasteiger partial charge in [-0.25, -0.2) is 4.79 Å². The smallest absolute Gasteiger partial charge is 0.328 e. The highest BCUT2D eigenvalue weighted by atomic mass is 16.4. The van der Waals surface area contributed by atoms with Crippen molar-refractivity contribution in [3.63, 3.8) is 0 Å². The van der Waals surface area contributed by atoms with Crippen LogP contribution in [-0.2, 0) is 40.0 Å². The molecule has 0 spiro atoms. The van der Waals surface area contributed by atoms with E-state index in [0.29, 0.717) is 18.4 Å². The Bertz CT molecular complexity index is 1490. The van der Waals surface area contributed by atoms with Gasteiger partial charge >= 0.3 is 5.97 Å². The van der Waals surface area contributed by atoms with E-state index < -0.39 is 109 Å². The maximum Gasteiger partial charge on any atom is 0.328 e. The van der Waals surface area contributed by atoms with Crippen LogP contribution in [0.4, 0.5) is 0 Å². The van der Waals surface area contributed by atoms with E-state index in [-0.39, 0.29) is 38.1 Å². The Labute approximate surface area is 306 Å². The number of carboxylic acid groups (broad SMARTS) is 1. The molecule has 0 saturated carbocycles. The second kappa shape index (κ2) is 19.3. The lowest BCUT2D eigenvalue weighted by atomic mass is 10.0. The molecule has 0 aliphatic carbocycles. The van der Waals surface area contributed by atoms with Crippen LogP contribution >= 0.6 is 0 Å². The summed E-state index contributed by atoms with van der Waals surface area (Å²) < 4.78 is 0. The van der Waals surface area contributed by atoms with Gasteiger partial charge in [0.15, 0.2) is 0 Å². The number of rotatable bonds is 17. The lowest BCUT2D eigenvalue weighted by Crippen LogP contribution is -2.61. The van der Waals surface area contributed by atoms with E-state index in [0.717, 1.165) is 0 Å². The van der Waals surface area contributed by atoms with Crippen LogP contribution in [0.3, 0.4) is 0 Å². The summed E-state index contributed by atoms with van der Waals surface area (Å²) in [7, 11) is 0. The third kappa shape index (κ3) is 11.1. The van der Waals surface area contributed by atoms with Gasteiger partial charge in [0.05, 0.1) is 25.4 Å². The summed E-state index contributed by atoms with van der Waals surface area (Å²) in [6.07, 6.45) is 0.0202. The maximum atomic E-state index is 13.9. The number of benzene rings is 1. The SMILES string of the molecule is CC(C)[C@H](NC(=O)[C@H](CO)NC(=O)[C@@H]1CCCN1C(=O)[C@@H]1CCCN1C(=O)[C@@H](NC(=O)[C@@H](N)Cc1ccc(O)cc1)[C@@H](C)O)C(=O)N[C@@H](CO)C(=O)O. The standard InChI is InChI=1S/C34H51N7O12/c1-17(2)26(31(49)37-23(16-43)34(52)53)38-29(47)22(15-42)36-30(48)24-6-4-12-40(24)32(50)25-7-5-13-41(25)33(51)27(18(3)44)39-28(46)21(35)14-19-8-10-20(45)11-9-19/h8-11,17-18,21-27,42-45H,4-7,12-16,35H2,1-3H3,(H,36,48)(H,37,49)(H,38,47)(H,39,46)(H,52,53)/t18-,21+,22+,23+,24+,25+,26+,27+/m1/s1. The van der Waals surface area contributed by atoms with Crippen molar-refractivity contribution >= 4 is 41.4 Å². The average Bonchev–Trinajstić information content (AvgIpc) is 3.81. The minimum atomic E-state index is -1.62. The van der Waals surface area contributed by atoms with Crippen molar-refractivity contribution in [2.45, 2.75) is 101 Å². The van der Waals surface area contributed by atoms with Crippen LogP contribution in [0.25, 0.3) is 0 Å². The van der Waals surface area contributed by atoms with Crippen LogP contribution in [-0.4, -0.2) is 151 Å². The van der Waals surface area contributed by atoms with Gasteiger partial charge in [-0.3, -0.25) is 28.8 Å². The molecule has 2 heterocycles. The largest absolute Gasteiger partial charge is 0.508 e. The van der Waals surface area contributed by atoms with Crippen molar-refractivity contribution in [1.82, 2.24) is 31.1 Å². The van der Waals surface area contributed by atoms with Crippen LogP contribution in [0.2, 0.25) is 0 Å². The molecule has 53 heavy (non-hydrogen) atoms. The quantitative estimate of drug-likeness (QED) is 0.0734. The summed E-state index contributed by atoms with van der Waals surface area (Å²) in [5, 5.41) is 57.8. The molecule has 3 rings (SSSR count). The van der Waals surface area contributed by atoms with E-state index in [1.165, 1.54) is 28.9 Å². The predicted molar refractivity (Wildman–Crippen MR) is 185 cm³/mol. The molecule has 11 N–H and O–H groups in total. The molecule has 1 aromatic carbocycles. The molecule has 294 valence electrons. The molecule has 19 heteroatoms. The number of phenolic OH excluding ortho intramolecular Hbond substituents is 1. The summed E-state index contributed by atoms with van der Waals surface area (Å²) >= 11 is 0. The molecule has 19 nitrogen and oxygen atoms in total. The number of nitrogens with one attached hydrogen (secondary N) is 4. The van der Waals surface area contributed by atoms with E-state index in [4.69, 9.17) is 10.8 Å². The third-order valence-corrected chi connectivity index (χ3v) is 9.29. The number of hydrogen-bond acceptors (Lipinski definition) is 12. The lowest BCUT2D eigenvalue weighted by molar-refractivity contribution is -0.149. The molecule has 8 atom stereocenters. The number of aromatic hydroxyl groups is 1. The molecule has 0 unspecified atom stereocenters. The van der Waals surface area contributed by atoms with Crippen molar-refractivity contribution < 1.29 is 59.1 Å². The van der Waals surface area contributed by atoms with Crippen molar-refractivity contribution in [3.05, 3.63) is 29.8 Å². The molecule has 2 aliphatic heterocycles. The highest BCUT2D eigenvalue weighted by Gasteiger charge is 2.45. The Morgan fingerprint density at radius 2 is 1.34 bits per heavy atom. The highest BCUT2D eigenvalue weighted by molar-refractivity contribution is 5.97. The fraction of sp³-hybridized carbons (Fsp3) is 0.618. The number of likely N-dealkylation sites (tertiary alicyclic amines) is 2. The molecule has 0 radical (unpaired) electrons. The van der Waals surface area contributed by atoms with Crippen molar-refractivity contribution in [2.75, 3.05) is 26.3 Å². The van der Waals surface area contributed by atoms with Gasteiger partial charge < -0.3 is 62.3 Å². The zero-order valence-corrected chi connectivity index (χ0v) is 29.9. The predicted octanol–water partition coefficient (Wildman–Crippen LogP) is -3.71. The number of carbonyl (C=O) groups is 7. The van der Waals surface area contributed by atoms with Crippen LogP contribution in [0.15, 0.2) is 24.3 Å². The molecule has 2 fully saturated rings. The minimum absolute atomic E-state index is 0.0392. The summed E-state index contributed by atoms with van der Waals surface area (Å²) in [6, 6.07) is -3.02. The average molecular weight is 750 g/mol. The minimum Gasteiger partial charge on any atom is -0.508 e. The van der Waals surface area contributed by atoms with E-state index in [1.807, 2.05) is 0 Å². The Hall–Kier alpha value is -4.85. The number of phenols is 1. The monoisotopic (exact) mass is 749 g/mol. The van der Waals surface area contributed by atoms with E-state index >= 15 is 0 Å². The number of aliphatic carboxylic acids is 1.